The van der Waals surface area contributed by atoms with Crippen molar-refractivity contribution >= 4 is 11.7 Å². The van der Waals surface area contributed by atoms with Crippen LogP contribution >= 0.6 is 0 Å². The van der Waals surface area contributed by atoms with Crippen molar-refractivity contribution < 1.29 is 32.5 Å². The number of halogens is 3. The third kappa shape index (κ3) is 3.70. The number of hydrogen-bond donors (Lipinski definition) is 1. The monoisotopic (exact) mass is 447 g/mol. The van der Waals surface area contributed by atoms with Gasteiger partial charge in [0.1, 0.15) is 17.7 Å². The lowest BCUT2D eigenvalue weighted by Crippen LogP contribution is -2.39. The van der Waals surface area contributed by atoms with Gasteiger partial charge < -0.3 is 19.5 Å². The van der Waals surface area contributed by atoms with Crippen LogP contribution in [0.5, 0.6) is 5.75 Å². The molecule has 0 aromatic heterocycles. The zero-order valence-electron chi connectivity index (χ0n) is 17.6. The minimum absolute atomic E-state index is 0.0888. The molecule has 1 heterocycles. The van der Waals surface area contributed by atoms with Crippen LogP contribution in [0.25, 0.3) is 0 Å². The number of ether oxygens (including phenoxy) is 2. The number of nitrogens with zero attached hydrogens (tertiary/aromatic N) is 1. The van der Waals surface area contributed by atoms with Gasteiger partial charge in [-0.1, -0.05) is 12.1 Å². The minimum Gasteiger partial charge on any atom is -0.490 e. The topological polar surface area (TPSA) is 59.0 Å². The quantitative estimate of drug-likeness (QED) is 0.711. The van der Waals surface area contributed by atoms with E-state index in [0.717, 1.165) is 6.07 Å². The molecule has 8 heteroatoms. The van der Waals surface area contributed by atoms with E-state index in [2.05, 4.69) is 0 Å². The Labute approximate surface area is 183 Å². The molecule has 0 spiro atoms. The first kappa shape index (κ1) is 21.1. The molecule has 170 valence electrons. The molecule has 0 radical (unpaired) electrons. The SMILES string of the molecule is COC1CC(Oc2cc(F)c(F)c(N3CCc4c(ccc(C5CC5C(=O)O)c4F)C3)c2)C1. The van der Waals surface area contributed by atoms with Crippen molar-refractivity contribution in [3.63, 3.8) is 0 Å². The van der Waals surface area contributed by atoms with Gasteiger partial charge in [-0.2, -0.15) is 0 Å². The minimum atomic E-state index is -0.985. The summed E-state index contributed by atoms with van der Waals surface area (Å²) in [7, 11) is 1.63. The van der Waals surface area contributed by atoms with E-state index in [1.807, 2.05) is 0 Å². The first-order chi connectivity index (χ1) is 15.4. The third-order valence-electron chi connectivity index (χ3n) is 6.88. The lowest BCUT2D eigenvalue weighted by Gasteiger charge is -2.35. The number of methoxy groups -OCH3 is 1. The van der Waals surface area contributed by atoms with Crippen LogP contribution in [0.1, 0.15) is 41.9 Å². The van der Waals surface area contributed by atoms with Crippen LogP contribution < -0.4 is 9.64 Å². The number of benzene rings is 2. The van der Waals surface area contributed by atoms with Crippen molar-refractivity contribution in [2.75, 3.05) is 18.6 Å². The summed E-state index contributed by atoms with van der Waals surface area (Å²) < 4.78 is 55.1. The molecule has 2 aliphatic carbocycles. The Morgan fingerprint density at radius 3 is 2.56 bits per heavy atom. The number of carbonyl (C=O) groups is 1. The average molecular weight is 447 g/mol. The van der Waals surface area contributed by atoms with Gasteiger partial charge in [-0.25, -0.2) is 13.2 Å². The summed E-state index contributed by atoms with van der Waals surface area (Å²) in [6.07, 6.45) is 2.21. The first-order valence-electron chi connectivity index (χ1n) is 10.8. The zero-order valence-corrected chi connectivity index (χ0v) is 17.6. The molecular weight excluding hydrogens is 423 g/mol. The van der Waals surface area contributed by atoms with E-state index < -0.39 is 23.5 Å². The number of carboxylic acids is 1. The highest BCUT2D eigenvalue weighted by Crippen LogP contribution is 2.49. The second-order valence-corrected chi connectivity index (χ2v) is 8.87. The summed E-state index contributed by atoms with van der Waals surface area (Å²) in [6, 6.07) is 5.95. The molecule has 5 nitrogen and oxygen atoms in total. The molecule has 2 atom stereocenters. The van der Waals surface area contributed by atoms with Crippen LogP contribution in [0.2, 0.25) is 0 Å². The molecular formula is C24H24F3NO4. The van der Waals surface area contributed by atoms with Crippen molar-refractivity contribution in [1.82, 2.24) is 0 Å². The molecule has 32 heavy (non-hydrogen) atoms. The molecule has 5 rings (SSSR count). The Balaban J connectivity index is 1.35. The maximum Gasteiger partial charge on any atom is 0.307 e. The van der Waals surface area contributed by atoms with Crippen molar-refractivity contribution in [2.24, 2.45) is 5.92 Å². The number of carboxylic acid groups (broad SMARTS) is 1. The molecule has 2 aromatic rings. The van der Waals surface area contributed by atoms with E-state index in [-0.39, 0.29) is 41.9 Å². The fourth-order valence-corrected chi connectivity index (χ4v) is 4.78. The van der Waals surface area contributed by atoms with E-state index >= 15 is 4.39 Å². The molecule has 0 saturated heterocycles. The van der Waals surface area contributed by atoms with Gasteiger partial charge in [-0.15, -0.1) is 0 Å². The average Bonchev–Trinajstić information content (AvgIpc) is 3.53. The van der Waals surface area contributed by atoms with Gasteiger partial charge in [0.2, 0.25) is 0 Å². The van der Waals surface area contributed by atoms with Gasteiger partial charge in [-0.3, -0.25) is 4.79 Å². The second kappa shape index (κ2) is 7.99. The number of fused-ring (bicyclic) bond motifs is 1. The summed E-state index contributed by atoms with van der Waals surface area (Å²) >= 11 is 0. The molecule has 2 aromatic carbocycles. The summed E-state index contributed by atoms with van der Waals surface area (Å²) in [5.41, 5.74) is 1.75. The van der Waals surface area contributed by atoms with Crippen molar-refractivity contribution in [3.05, 3.63) is 58.4 Å². The van der Waals surface area contributed by atoms with E-state index in [4.69, 9.17) is 14.6 Å². The van der Waals surface area contributed by atoms with Crippen LogP contribution in [-0.4, -0.2) is 36.9 Å². The fraction of sp³-hybridized carbons (Fsp3) is 0.458. The highest BCUT2D eigenvalue weighted by Gasteiger charge is 2.46. The number of aliphatic carboxylic acids is 1. The van der Waals surface area contributed by atoms with Gasteiger partial charge >= 0.3 is 5.97 Å². The zero-order chi connectivity index (χ0) is 22.6. The highest BCUT2D eigenvalue weighted by atomic mass is 19.2. The maximum atomic E-state index is 15.1. The molecule has 3 aliphatic rings. The summed E-state index contributed by atoms with van der Waals surface area (Å²) in [4.78, 5) is 12.8. The number of anilines is 1. The van der Waals surface area contributed by atoms with Crippen LogP contribution in [0.3, 0.4) is 0 Å². The van der Waals surface area contributed by atoms with Gasteiger partial charge in [0.15, 0.2) is 11.6 Å². The first-order valence-corrected chi connectivity index (χ1v) is 10.8. The van der Waals surface area contributed by atoms with Gasteiger partial charge in [0.05, 0.1) is 17.7 Å². The Morgan fingerprint density at radius 2 is 1.88 bits per heavy atom. The fourth-order valence-electron chi connectivity index (χ4n) is 4.78. The molecule has 1 N–H and O–H groups in total. The standard InChI is InChI=1S/C24H24F3NO4/c1-31-13-6-14(7-13)32-15-8-20(25)23(27)21(9-15)28-5-4-16-12(11-28)2-3-17(22(16)26)18-10-19(18)24(29)30/h2-3,8-9,13-14,18-19H,4-7,10-11H2,1H3,(H,29,30). The maximum absolute atomic E-state index is 15.1. The van der Waals surface area contributed by atoms with E-state index in [9.17, 15) is 13.6 Å². The number of rotatable bonds is 6. The summed E-state index contributed by atoms with van der Waals surface area (Å²) in [5, 5.41) is 9.13. The predicted molar refractivity (Wildman–Crippen MR) is 110 cm³/mol. The Hall–Kier alpha value is -2.74. The molecule has 1 aliphatic heterocycles. The molecule has 2 saturated carbocycles. The molecule has 0 amide bonds. The largest absolute Gasteiger partial charge is 0.490 e. The van der Waals surface area contributed by atoms with Gasteiger partial charge in [0.25, 0.3) is 0 Å². The highest BCUT2D eigenvalue weighted by molar-refractivity contribution is 5.75. The van der Waals surface area contributed by atoms with E-state index in [0.29, 0.717) is 48.9 Å². The van der Waals surface area contributed by atoms with E-state index in [1.165, 1.54) is 6.07 Å². The Bertz CT molecular complexity index is 1070. The van der Waals surface area contributed by atoms with Crippen molar-refractivity contribution in [2.45, 2.75) is 50.4 Å². The normalized spacial score (nSPS) is 26.3. The summed E-state index contributed by atoms with van der Waals surface area (Å²) in [5.74, 6) is -3.77. The molecule has 2 unspecified atom stereocenters. The van der Waals surface area contributed by atoms with Crippen LogP contribution in [0, 0.1) is 23.4 Å². The lowest BCUT2D eigenvalue weighted by atomic mass is 9.92. The van der Waals surface area contributed by atoms with Gasteiger partial charge in [-0.05, 0) is 29.5 Å². The van der Waals surface area contributed by atoms with E-state index in [1.54, 1.807) is 24.1 Å². The third-order valence-corrected chi connectivity index (χ3v) is 6.88. The summed E-state index contributed by atoms with van der Waals surface area (Å²) in [6.45, 7) is 0.546. The van der Waals surface area contributed by atoms with Gasteiger partial charge in [0, 0.05) is 51.1 Å². The predicted octanol–water partition coefficient (Wildman–Crippen LogP) is 4.41. The van der Waals surface area contributed by atoms with Crippen molar-refractivity contribution in [1.29, 1.82) is 0 Å². The molecule has 0 bridgehead atoms. The van der Waals surface area contributed by atoms with Crippen LogP contribution in [0.15, 0.2) is 24.3 Å². The lowest BCUT2D eigenvalue weighted by molar-refractivity contribution is -0.138. The second-order valence-electron chi connectivity index (χ2n) is 8.87. The number of hydrogen-bond acceptors (Lipinski definition) is 4. The van der Waals surface area contributed by atoms with Crippen molar-refractivity contribution in [3.8, 4) is 5.75 Å². The Kier molecular flexibility index (Phi) is 5.28. The molecule has 2 fully saturated rings. The Morgan fingerprint density at radius 1 is 1.09 bits per heavy atom. The van der Waals surface area contributed by atoms with Crippen LogP contribution in [-0.2, 0) is 22.5 Å². The van der Waals surface area contributed by atoms with Crippen LogP contribution in [0.4, 0.5) is 18.9 Å². The smallest absolute Gasteiger partial charge is 0.307 e.